The first-order valence-electron chi connectivity index (χ1n) is 10.5. The first kappa shape index (κ1) is 20.6. The van der Waals surface area contributed by atoms with Crippen molar-refractivity contribution >= 4 is 23.9 Å². The van der Waals surface area contributed by atoms with E-state index in [0.717, 1.165) is 0 Å². The number of unbranched alkanes of at least 4 members (excludes halogenated alkanes) is 1. The van der Waals surface area contributed by atoms with Crippen molar-refractivity contribution in [3.63, 3.8) is 0 Å². The lowest BCUT2D eigenvalue weighted by Gasteiger charge is -2.23. The van der Waals surface area contributed by atoms with Crippen molar-refractivity contribution in [2.24, 2.45) is 47.3 Å². The van der Waals surface area contributed by atoms with Crippen LogP contribution in [0.1, 0.15) is 25.7 Å². The molecule has 4 aliphatic rings. The maximum Gasteiger partial charge on any atom is 0.310 e. The van der Waals surface area contributed by atoms with Crippen LogP contribution < -0.4 is 0 Å². The maximum absolute atomic E-state index is 12.4. The topological polar surface area (TPSA) is 127 Å². The van der Waals surface area contributed by atoms with E-state index in [2.05, 4.69) is 0 Å². The van der Waals surface area contributed by atoms with E-state index in [1.165, 1.54) is 0 Å². The molecule has 2 saturated carbocycles. The standard InChI is InChI=1S/C22H26O8/c23-19(24)15-11-3-5-13(9-11)17(15)21(27)29-7-1-2-8-30-22(28)18-14-6-4-12(10-14)16(18)20(25)26/h3-6,11-18H,1-2,7-10H2,(H,23,24)(H,25,26). The summed E-state index contributed by atoms with van der Waals surface area (Å²) in [6.45, 7) is 0.268. The summed E-state index contributed by atoms with van der Waals surface area (Å²) < 4.78 is 10.6. The molecule has 2 N–H and O–H groups in total. The molecular formula is C22H26O8. The first-order chi connectivity index (χ1) is 14.4. The second-order valence-corrected chi connectivity index (χ2v) is 8.72. The molecule has 0 aromatic heterocycles. The van der Waals surface area contributed by atoms with Crippen molar-refractivity contribution < 1.29 is 38.9 Å². The Morgan fingerprint density at radius 2 is 0.967 bits per heavy atom. The zero-order valence-electron chi connectivity index (χ0n) is 16.5. The smallest absolute Gasteiger partial charge is 0.310 e. The predicted molar refractivity (Wildman–Crippen MR) is 102 cm³/mol. The van der Waals surface area contributed by atoms with Gasteiger partial charge < -0.3 is 19.7 Å². The SMILES string of the molecule is O=C(O)C1C2C=CC(C2)C1C(=O)OCCCCOC(=O)C1C2C=CC(C2)C1C(=O)O. The molecule has 162 valence electrons. The monoisotopic (exact) mass is 418 g/mol. The average Bonchev–Trinajstić information content (AvgIpc) is 3.48. The third-order valence-corrected chi connectivity index (χ3v) is 7.06. The van der Waals surface area contributed by atoms with Crippen LogP contribution in [0, 0.1) is 47.3 Å². The van der Waals surface area contributed by atoms with Crippen LogP contribution in [0.5, 0.6) is 0 Å². The number of hydrogen-bond acceptors (Lipinski definition) is 6. The van der Waals surface area contributed by atoms with Crippen LogP contribution in [0.4, 0.5) is 0 Å². The van der Waals surface area contributed by atoms with Crippen LogP contribution in [0.3, 0.4) is 0 Å². The molecule has 8 heteroatoms. The van der Waals surface area contributed by atoms with Gasteiger partial charge in [0.15, 0.2) is 0 Å². The van der Waals surface area contributed by atoms with Crippen LogP contribution >= 0.6 is 0 Å². The Hall–Kier alpha value is -2.64. The second kappa shape index (κ2) is 8.24. The number of rotatable bonds is 9. The lowest BCUT2D eigenvalue weighted by Crippen LogP contribution is -2.34. The molecule has 0 spiro atoms. The number of ether oxygens (including phenoxy) is 2. The van der Waals surface area contributed by atoms with Crippen LogP contribution in [0.2, 0.25) is 0 Å². The summed E-state index contributed by atoms with van der Waals surface area (Å²) in [5.41, 5.74) is 0. The van der Waals surface area contributed by atoms with E-state index in [1.807, 2.05) is 24.3 Å². The minimum absolute atomic E-state index is 0.0671. The van der Waals surface area contributed by atoms with E-state index >= 15 is 0 Å². The highest BCUT2D eigenvalue weighted by Gasteiger charge is 2.53. The molecule has 2 fully saturated rings. The van der Waals surface area contributed by atoms with E-state index in [0.29, 0.717) is 25.7 Å². The molecule has 0 radical (unpaired) electrons. The van der Waals surface area contributed by atoms with Crippen molar-refractivity contribution in [3.8, 4) is 0 Å². The molecule has 0 saturated heterocycles. The van der Waals surface area contributed by atoms with Gasteiger partial charge in [-0.2, -0.15) is 0 Å². The van der Waals surface area contributed by atoms with Gasteiger partial charge in [0.25, 0.3) is 0 Å². The molecular weight excluding hydrogens is 392 g/mol. The number of esters is 2. The van der Waals surface area contributed by atoms with Gasteiger partial charge in [0.1, 0.15) is 0 Å². The lowest BCUT2D eigenvalue weighted by molar-refractivity contribution is -0.159. The molecule has 0 aromatic carbocycles. The van der Waals surface area contributed by atoms with Gasteiger partial charge in [0.05, 0.1) is 36.9 Å². The van der Waals surface area contributed by atoms with E-state index in [1.54, 1.807) is 0 Å². The number of aliphatic carboxylic acids is 2. The zero-order chi connectivity index (χ0) is 21.4. The van der Waals surface area contributed by atoms with Crippen molar-refractivity contribution in [1.82, 2.24) is 0 Å². The summed E-state index contributed by atoms with van der Waals surface area (Å²) in [7, 11) is 0. The normalized spacial score (nSPS) is 37.5. The molecule has 30 heavy (non-hydrogen) atoms. The van der Waals surface area contributed by atoms with E-state index < -0.39 is 47.5 Å². The Morgan fingerprint density at radius 3 is 1.30 bits per heavy atom. The summed E-state index contributed by atoms with van der Waals surface area (Å²) in [6, 6.07) is 0. The molecule has 8 nitrogen and oxygen atoms in total. The van der Waals surface area contributed by atoms with Gasteiger partial charge in [-0.15, -0.1) is 0 Å². The zero-order valence-corrected chi connectivity index (χ0v) is 16.5. The van der Waals surface area contributed by atoms with Gasteiger partial charge in [-0.05, 0) is 49.4 Å². The number of carbonyl (C=O) groups is 4. The number of hydrogen-bond donors (Lipinski definition) is 2. The summed E-state index contributed by atoms with van der Waals surface area (Å²) in [6.07, 6.45) is 9.89. The largest absolute Gasteiger partial charge is 0.481 e. The minimum atomic E-state index is -0.962. The third-order valence-electron chi connectivity index (χ3n) is 7.06. The van der Waals surface area contributed by atoms with E-state index in [9.17, 15) is 29.4 Å². The first-order valence-corrected chi connectivity index (χ1v) is 10.5. The highest BCUT2D eigenvalue weighted by atomic mass is 16.5. The minimum Gasteiger partial charge on any atom is -0.481 e. The molecule has 0 amide bonds. The number of allylic oxidation sites excluding steroid dienone is 4. The molecule has 0 heterocycles. The Balaban J connectivity index is 1.17. The summed E-state index contributed by atoms with van der Waals surface area (Å²) >= 11 is 0. The highest BCUT2D eigenvalue weighted by Crippen LogP contribution is 2.49. The molecule has 8 unspecified atom stereocenters. The molecule has 4 rings (SSSR count). The molecule has 0 aromatic rings. The molecule has 4 aliphatic carbocycles. The Kier molecular flexibility index (Phi) is 5.66. The van der Waals surface area contributed by atoms with Gasteiger partial charge in [0, 0.05) is 0 Å². The second-order valence-electron chi connectivity index (χ2n) is 8.72. The molecule has 8 atom stereocenters. The van der Waals surface area contributed by atoms with Gasteiger partial charge in [0.2, 0.25) is 0 Å². The third kappa shape index (κ3) is 3.63. The van der Waals surface area contributed by atoms with Gasteiger partial charge in [-0.3, -0.25) is 19.2 Å². The lowest BCUT2D eigenvalue weighted by atomic mass is 9.83. The Bertz CT molecular complexity index is 733. The van der Waals surface area contributed by atoms with Gasteiger partial charge >= 0.3 is 23.9 Å². The van der Waals surface area contributed by atoms with Crippen LogP contribution in [0.25, 0.3) is 0 Å². The fraction of sp³-hybridized carbons (Fsp3) is 0.636. The van der Waals surface area contributed by atoms with Crippen molar-refractivity contribution in [2.75, 3.05) is 13.2 Å². The fourth-order valence-corrected chi connectivity index (χ4v) is 5.70. The summed E-state index contributed by atoms with van der Waals surface area (Å²) in [5, 5.41) is 18.8. The average molecular weight is 418 g/mol. The fourth-order valence-electron chi connectivity index (χ4n) is 5.70. The number of carboxylic acid groups (broad SMARTS) is 2. The predicted octanol–water partition coefficient (Wildman–Crippen LogP) is 1.90. The maximum atomic E-state index is 12.4. The number of fused-ring (bicyclic) bond motifs is 4. The van der Waals surface area contributed by atoms with E-state index in [4.69, 9.17) is 9.47 Å². The van der Waals surface area contributed by atoms with Crippen molar-refractivity contribution in [3.05, 3.63) is 24.3 Å². The van der Waals surface area contributed by atoms with Gasteiger partial charge in [-0.1, -0.05) is 24.3 Å². The van der Waals surface area contributed by atoms with E-state index in [-0.39, 0.29) is 36.9 Å². The van der Waals surface area contributed by atoms with Crippen molar-refractivity contribution in [2.45, 2.75) is 25.7 Å². The van der Waals surface area contributed by atoms with Crippen LogP contribution in [-0.2, 0) is 28.7 Å². The Labute approximate surface area is 173 Å². The van der Waals surface area contributed by atoms with Gasteiger partial charge in [-0.25, -0.2) is 0 Å². The van der Waals surface area contributed by atoms with Crippen LogP contribution in [-0.4, -0.2) is 47.3 Å². The van der Waals surface area contributed by atoms with Crippen molar-refractivity contribution in [1.29, 1.82) is 0 Å². The molecule has 4 bridgehead atoms. The summed E-state index contributed by atoms with van der Waals surface area (Å²) in [5.74, 6) is -5.90. The van der Waals surface area contributed by atoms with Crippen LogP contribution in [0.15, 0.2) is 24.3 Å². The quantitative estimate of drug-likeness (QED) is 0.330. The Morgan fingerprint density at radius 1 is 0.633 bits per heavy atom. The molecule has 0 aliphatic heterocycles. The summed E-state index contributed by atoms with van der Waals surface area (Å²) in [4.78, 5) is 47.7. The highest BCUT2D eigenvalue weighted by molar-refractivity contribution is 5.84. The number of carbonyl (C=O) groups excluding carboxylic acids is 2. The number of carboxylic acids is 2.